The summed E-state index contributed by atoms with van der Waals surface area (Å²) < 4.78 is 1.09. The number of amides is 1. The Bertz CT molecular complexity index is 450. The normalized spacial score (nSPS) is 19.8. The molecule has 1 fully saturated rings. The van der Waals surface area contributed by atoms with Crippen LogP contribution in [0.25, 0.3) is 0 Å². The maximum absolute atomic E-state index is 11.7. The molecule has 4 nitrogen and oxygen atoms in total. The van der Waals surface area contributed by atoms with Crippen LogP contribution in [0.4, 0.5) is 5.69 Å². The van der Waals surface area contributed by atoms with Crippen molar-refractivity contribution in [1.29, 1.82) is 0 Å². The fraction of sp³-hybridized carbons (Fsp3) is 0.462. The van der Waals surface area contributed by atoms with Crippen LogP contribution in [0, 0.1) is 6.92 Å². The summed E-state index contributed by atoms with van der Waals surface area (Å²) in [5.41, 5.74) is 7.82. The number of aryl methyl sites for hydroxylation is 1. The smallest absolute Gasteiger partial charge is 0.239 e. The van der Waals surface area contributed by atoms with Crippen molar-refractivity contribution in [2.75, 3.05) is 24.5 Å². The highest BCUT2D eigenvalue weighted by Crippen LogP contribution is 2.24. The number of halogens is 1. The highest BCUT2D eigenvalue weighted by Gasteiger charge is 2.24. The average Bonchev–Trinajstić information content (AvgIpc) is 2.32. The lowest BCUT2D eigenvalue weighted by molar-refractivity contribution is -0.121. The zero-order valence-corrected chi connectivity index (χ0v) is 12.0. The van der Waals surface area contributed by atoms with Crippen molar-refractivity contribution in [3.05, 3.63) is 28.2 Å². The van der Waals surface area contributed by atoms with Gasteiger partial charge in [-0.15, -0.1) is 0 Å². The molecule has 1 unspecified atom stereocenters. The molecule has 2 rings (SSSR count). The third kappa shape index (κ3) is 3.03. The lowest BCUT2D eigenvalue weighted by Crippen LogP contribution is -2.54. The molecule has 1 saturated heterocycles. The number of carbonyl (C=O) groups excluding carboxylic acids is 1. The average molecular weight is 312 g/mol. The van der Waals surface area contributed by atoms with Crippen LogP contribution >= 0.6 is 15.9 Å². The Labute approximate surface area is 116 Å². The summed E-state index contributed by atoms with van der Waals surface area (Å²) in [5.74, 6) is 0.0697. The molecule has 1 aromatic carbocycles. The van der Waals surface area contributed by atoms with Crippen molar-refractivity contribution < 1.29 is 4.79 Å². The van der Waals surface area contributed by atoms with Crippen LogP contribution in [0.3, 0.4) is 0 Å². The summed E-state index contributed by atoms with van der Waals surface area (Å²) in [6, 6.07) is 6.31. The fourth-order valence-corrected chi connectivity index (χ4v) is 2.46. The van der Waals surface area contributed by atoms with Gasteiger partial charge in [-0.3, -0.25) is 4.79 Å². The van der Waals surface area contributed by atoms with E-state index in [1.165, 1.54) is 5.56 Å². The van der Waals surface area contributed by atoms with Crippen LogP contribution in [-0.4, -0.2) is 31.6 Å². The van der Waals surface area contributed by atoms with E-state index in [0.717, 1.165) is 23.1 Å². The largest absolute Gasteiger partial charge is 0.360 e. The predicted octanol–water partition coefficient (Wildman–Crippen LogP) is 1.41. The third-order valence-electron chi connectivity index (χ3n) is 3.16. The molecule has 0 saturated carbocycles. The first-order valence-electron chi connectivity index (χ1n) is 6.10. The number of anilines is 1. The predicted molar refractivity (Wildman–Crippen MR) is 76.7 cm³/mol. The highest BCUT2D eigenvalue weighted by molar-refractivity contribution is 9.10. The summed E-state index contributed by atoms with van der Waals surface area (Å²) in [7, 11) is 0. The standard InChI is InChI=1S/C13H18BrN3O/c1-9-6-11(2-3-12(9)14)17-7-10(4-5-15)16-13(18)8-17/h2-3,6,10H,4-5,7-8,15H2,1H3,(H,16,18). The van der Waals surface area contributed by atoms with Gasteiger partial charge >= 0.3 is 0 Å². The molecule has 0 aliphatic carbocycles. The van der Waals surface area contributed by atoms with Crippen LogP contribution in [-0.2, 0) is 4.79 Å². The van der Waals surface area contributed by atoms with Crippen LogP contribution in [0.2, 0.25) is 0 Å². The number of hydrogen-bond donors (Lipinski definition) is 2. The Hall–Kier alpha value is -1.07. The molecule has 1 atom stereocenters. The van der Waals surface area contributed by atoms with Crippen molar-refractivity contribution in [3.8, 4) is 0 Å². The van der Waals surface area contributed by atoms with Gasteiger partial charge in [-0.2, -0.15) is 0 Å². The first kappa shape index (κ1) is 13.4. The third-order valence-corrected chi connectivity index (χ3v) is 4.05. The minimum atomic E-state index is 0.0697. The molecule has 1 aliphatic heterocycles. The Kier molecular flexibility index (Phi) is 4.24. The van der Waals surface area contributed by atoms with Crippen LogP contribution in [0.15, 0.2) is 22.7 Å². The van der Waals surface area contributed by atoms with Gasteiger partial charge in [0.1, 0.15) is 0 Å². The van der Waals surface area contributed by atoms with E-state index < -0.39 is 0 Å². The quantitative estimate of drug-likeness (QED) is 0.887. The van der Waals surface area contributed by atoms with Crippen LogP contribution in [0.1, 0.15) is 12.0 Å². The molecule has 1 heterocycles. The number of rotatable bonds is 3. The Morgan fingerprint density at radius 1 is 1.56 bits per heavy atom. The summed E-state index contributed by atoms with van der Waals surface area (Å²) >= 11 is 3.49. The second kappa shape index (κ2) is 5.71. The second-order valence-electron chi connectivity index (χ2n) is 4.66. The molecule has 1 aliphatic rings. The lowest BCUT2D eigenvalue weighted by atomic mass is 10.1. The van der Waals surface area contributed by atoms with E-state index >= 15 is 0 Å². The summed E-state index contributed by atoms with van der Waals surface area (Å²) in [6.45, 7) is 3.89. The number of carbonyl (C=O) groups is 1. The summed E-state index contributed by atoms with van der Waals surface area (Å²) in [4.78, 5) is 13.8. The zero-order valence-electron chi connectivity index (χ0n) is 10.4. The molecule has 18 heavy (non-hydrogen) atoms. The molecule has 98 valence electrons. The molecule has 3 N–H and O–H groups in total. The van der Waals surface area contributed by atoms with Gasteiger partial charge in [0, 0.05) is 22.7 Å². The SMILES string of the molecule is Cc1cc(N2CC(=O)NC(CCN)C2)ccc1Br. The molecular formula is C13H18BrN3O. The van der Waals surface area contributed by atoms with Gasteiger partial charge < -0.3 is 16.0 Å². The molecular weight excluding hydrogens is 294 g/mol. The maximum atomic E-state index is 11.7. The number of nitrogens with zero attached hydrogens (tertiary/aromatic N) is 1. The van der Waals surface area contributed by atoms with Gasteiger partial charge in [0.05, 0.1) is 6.54 Å². The molecule has 0 aromatic heterocycles. The van der Waals surface area contributed by atoms with Crippen LogP contribution < -0.4 is 16.0 Å². The van der Waals surface area contributed by atoms with Gasteiger partial charge in [0.25, 0.3) is 0 Å². The van der Waals surface area contributed by atoms with E-state index in [9.17, 15) is 4.79 Å². The van der Waals surface area contributed by atoms with Gasteiger partial charge in [-0.25, -0.2) is 0 Å². The highest BCUT2D eigenvalue weighted by atomic mass is 79.9. The lowest BCUT2D eigenvalue weighted by Gasteiger charge is -2.34. The van der Waals surface area contributed by atoms with E-state index in [1.807, 2.05) is 12.1 Å². The number of nitrogens with one attached hydrogen (secondary N) is 1. The van der Waals surface area contributed by atoms with Crippen molar-refractivity contribution in [2.45, 2.75) is 19.4 Å². The number of hydrogen-bond acceptors (Lipinski definition) is 3. The second-order valence-corrected chi connectivity index (χ2v) is 5.51. The molecule has 1 aromatic rings. The zero-order chi connectivity index (χ0) is 13.1. The van der Waals surface area contributed by atoms with E-state index in [2.05, 4.69) is 39.1 Å². The summed E-state index contributed by atoms with van der Waals surface area (Å²) in [5, 5.41) is 2.97. The Morgan fingerprint density at radius 2 is 2.33 bits per heavy atom. The molecule has 0 spiro atoms. The molecule has 0 bridgehead atoms. The Balaban J connectivity index is 2.15. The van der Waals surface area contributed by atoms with E-state index in [4.69, 9.17) is 5.73 Å². The topological polar surface area (TPSA) is 58.4 Å². The molecule has 0 radical (unpaired) electrons. The van der Waals surface area contributed by atoms with Crippen molar-refractivity contribution >= 4 is 27.5 Å². The maximum Gasteiger partial charge on any atom is 0.239 e. The molecule has 5 heteroatoms. The Morgan fingerprint density at radius 3 is 3.00 bits per heavy atom. The van der Waals surface area contributed by atoms with Gasteiger partial charge in [0.15, 0.2) is 0 Å². The van der Waals surface area contributed by atoms with Crippen LogP contribution in [0.5, 0.6) is 0 Å². The van der Waals surface area contributed by atoms with E-state index in [0.29, 0.717) is 13.1 Å². The molecule has 1 amide bonds. The first-order valence-corrected chi connectivity index (χ1v) is 6.90. The fourth-order valence-electron chi connectivity index (χ4n) is 2.21. The van der Waals surface area contributed by atoms with E-state index in [1.54, 1.807) is 0 Å². The summed E-state index contributed by atoms with van der Waals surface area (Å²) in [6.07, 6.45) is 0.817. The van der Waals surface area contributed by atoms with Gasteiger partial charge in [-0.05, 0) is 43.7 Å². The van der Waals surface area contributed by atoms with E-state index in [-0.39, 0.29) is 11.9 Å². The van der Waals surface area contributed by atoms with Crippen molar-refractivity contribution in [1.82, 2.24) is 5.32 Å². The minimum Gasteiger partial charge on any atom is -0.360 e. The number of piperazine rings is 1. The minimum absolute atomic E-state index is 0.0697. The van der Waals surface area contributed by atoms with Gasteiger partial charge in [0.2, 0.25) is 5.91 Å². The van der Waals surface area contributed by atoms with Gasteiger partial charge in [-0.1, -0.05) is 15.9 Å². The number of benzene rings is 1. The first-order chi connectivity index (χ1) is 8.60. The van der Waals surface area contributed by atoms with Crippen molar-refractivity contribution in [3.63, 3.8) is 0 Å². The monoisotopic (exact) mass is 311 g/mol. The van der Waals surface area contributed by atoms with Crippen molar-refractivity contribution in [2.24, 2.45) is 5.73 Å². The number of nitrogens with two attached hydrogens (primary N) is 1.